The van der Waals surface area contributed by atoms with Gasteiger partial charge in [-0.3, -0.25) is 0 Å². The summed E-state index contributed by atoms with van der Waals surface area (Å²) >= 11 is 0. The molecule has 0 aromatic carbocycles. The van der Waals surface area contributed by atoms with E-state index < -0.39 is 0 Å². The summed E-state index contributed by atoms with van der Waals surface area (Å²) in [5.74, 6) is 0. The van der Waals surface area contributed by atoms with E-state index in [1.54, 1.807) is 0 Å². The van der Waals surface area contributed by atoms with Gasteiger partial charge < -0.3 is 10.8 Å². The third-order valence-corrected chi connectivity index (χ3v) is 4.82. The second kappa shape index (κ2) is 18.3. The summed E-state index contributed by atoms with van der Waals surface area (Å²) in [6.45, 7) is 4.11. The molecule has 2 heteroatoms. The third kappa shape index (κ3) is 19.9. The van der Waals surface area contributed by atoms with Crippen LogP contribution in [0.4, 0.5) is 0 Å². The number of rotatable bonds is 18. The maximum Gasteiger partial charge on any atom is 0.0526 e. The molecule has 0 radical (unpaired) electrons. The molecule has 140 valence electrons. The van der Waals surface area contributed by atoms with Crippen LogP contribution in [-0.2, 0) is 0 Å². The van der Waals surface area contributed by atoms with Gasteiger partial charge in [0.15, 0.2) is 0 Å². The second-order valence-electron chi connectivity index (χ2n) is 7.58. The van der Waals surface area contributed by atoms with Crippen molar-refractivity contribution in [2.75, 3.05) is 0 Å². The molecule has 0 aromatic heterocycles. The van der Waals surface area contributed by atoms with Crippen LogP contribution in [0.1, 0.15) is 123 Å². The minimum Gasteiger partial charge on any atom is -0.393 e. The number of unbranched alkanes of at least 4 members (excludes halogenated alkanes) is 14. The van der Waals surface area contributed by atoms with Gasteiger partial charge in [0.1, 0.15) is 0 Å². The van der Waals surface area contributed by atoms with Crippen molar-refractivity contribution in [3.8, 4) is 0 Å². The van der Waals surface area contributed by atoms with Crippen LogP contribution in [0.2, 0.25) is 0 Å². The molecule has 0 aromatic rings. The number of aliphatic hydroxyl groups excluding tert-OH is 1. The molecular formula is C21H45NO. The van der Waals surface area contributed by atoms with Crippen molar-refractivity contribution >= 4 is 0 Å². The minimum absolute atomic E-state index is 0.192. The fraction of sp³-hybridized carbons (Fsp3) is 1.00. The summed E-state index contributed by atoms with van der Waals surface area (Å²) < 4.78 is 0. The SMILES string of the molecule is CCCCCCCCCCCCCCCCCC(N)CC(C)O. The number of hydrogen-bond donors (Lipinski definition) is 2. The van der Waals surface area contributed by atoms with Crippen LogP contribution in [0.25, 0.3) is 0 Å². The van der Waals surface area contributed by atoms with Crippen molar-refractivity contribution in [2.45, 2.75) is 135 Å². The molecule has 3 N–H and O–H groups in total. The van der Waals surface area contributed by atoms with Gasteiger partial charge in [0.2, 0.25) is 0 Å². The lowest BCUT2D eigenvalue weighted by molar-refractivity contribution is 0.172. The maximum absolute atomic E-state index is 9.27. The van der Waals surface area contributed by atoms with Gasteiger partial charge in [-0.05, 0) is 19.8 Å². The summed E-state index contributed by atoms with van der Waals surface area (Å²) in [4.78, 5) is 0. The molecule has 0 spiro atoms. The Balaban J connectivity index is 3.05. The largest absolute Gasteiger partial charge is 0.393 e. The molecule has 0 heterocycles. The summed E-state index contributed by atoms with van der Waals surface area (Å²) in [6, 6.07) is 0.192. The van der Waals surface area contributed by atoms with Gasteiger partial charge in [0.05, 0.1) is 6.10 Å². The quantitative estimate of drug-likeness (QED) is 0.288. The lowest BCUT2D eigenvalue weighted by Crippen LogP contribution is -2.24. The lowest BCUT2D eigenvalue weighted by atomic mass is 10.0. The first-order chi connectivity index (χ1) is 11.2. The standard InChI is InChI=1S/C21H45NO/c1-3-4-5-6-7-8-9-10-11-12-13-14-15-16-17-18-21(22)19-20(2)23/h20-21,23H,3-19,22H2,1-2H3. The predicted molar refractivity (Wildman–Crippen MR) is 104 cm³/mol. The zero-order valence-corrected chi connectivity index (χ0v) is 16.2. The first-order valence-corrected chi connectivity index (χ1v) is 10.6. The van der Waals surface area contributed by atoms with Crippen LogP contribution in [0, 0.1) is 0 Å². The van der Waals surface area contributed by atoms with Crippen LogP contribution >= 0.6 is 0 Å². The number of nitrogens with two attached hydrogens (primary N) is 1. The van der Waals surface area contributed by atoms with Crippen molar-refractivity contribution in [2.24, 2.45) is 5.73 Å². The molecule has 0 fully saturated rings. The zero-order chi connectivity index (χ0) is 17.2. The van der Waals surface area contributed by atoms with Crippen molar-refractivity contribution in [3.05, 3.63) is 0 Å². The average molecular weight is 328 g/mol. The van der Waals surface area contributed by atoms with E-state index in [-0.39, 0.29) is 12.1 Å². The van der Waals surface area contributed by atoms with E-state index in [9.17, 15) is 5.11 Å². The third-order valence-electron chi connectivity index (χ3n) is 4.82. The molecule has 2 unspecified atom stereocenters. The van der Waals surface area contributed by atoms with Crippen LogP contribution in [-0.4, -0.2) is 17.3 Å². The predicted octanol–water partition coefficient (Wildman–Crippen LogP) is 6.35. The fourth-order valence-electron chi connectivity index (χ4n) is 3.33. The fourth-order valence-corrected chi connectivity index (χ4v) is 3.33. The molecule has 2 nitrogen and oxygen atoms in total. The lowest BCUT2D eigenvalue weighted by Gasteiger charge is -2.12. The summed E-state index contributed by atoms with van der Waals surface area (Å²) in [7, 11) is 0. The minimum atomic E-state index is -0.249. The molecule has 0 saturated heterocycles. The number of aliphatic hydroxyl groups is 1. The molecule has 2 atom stereocenters. The van der Waals surface area contributed by atoms with Crippen LogP contribution in [0.3, 0.4) is 0 Å². The van der Waals surface area contributed by atoms with E-state index in [4.69, 9.17) is 5.73 Å². The van der Waals surface area contributed by atoms with Crippen molar-refractivity contribution < 1.29 is 5.11 Å². The van der Waals surface area contributed by atoms with Gasteiger partial charge in [-0.2, -0.15) is 0 Å². The first kappa shape index (κ1) is 22.9. The normalized spacial score (nSPS) is 14.1. The van der Waals surface area contributed by atoms with Gasteiger partial charge in [-0.1, -0.05) is 103 Å². The highest BCUT2D eigenvalue weighted by Crippen LogP contribution is 2.14. The highest BCUT2D eigenvalue weighted by atomic mass is 16.3. The first-order valence-electron chi connectivity index (χ1n) is 10.6. The molecule has 0 aliphatic carbocycles. The van der Waals surface area contributed by atoms with Crippen LogP contribution < -0.4 is 5.73 Å². The van der Waals surface area contributed by atoms with Crippen LogP contribution in [0.5, 0.6) is 0 Å². The van der Waals surface area contributed by atoms with E-state index in [1.807, 2.05) is 6.92 Å². The van der Waals surface area contributed by atoms with E-state index in [2.05, 4.69) is 6.92 Å². The highest BCUT2D eigenvalue weighted by Gasteiger charge is 2.05. The van der Waals surface area contributed by atoms with Gasteiger partial charge in [0.25, 0.3) is 0 Å². The van der Waals surface area contributed by atoms with Gasteiger partial charge >= 0.3 is 0 Å². The Morgan fingerprint density at radius 3 is 1.35 bits per heavy atom. The van der Waals surface area contributed by atoms with Crippen molar-refractivity contribution in [1.29, 1.82) is 0 Å². The zero-order valence-electron chi connectivity index (χ0n) is 16.2. The van der Waals surface area contributed by atoms with Gasteiger partial charge in [-0.25, -0.2) is 0 Å². The Hall–Kier alpha value is -0.0800. The summed E-state index contributed by atoms with van der Waals surface area (Å²) in [6.07, 6.45) is 22.6. The van der Waals surface area contributed by atoms with E-state index in [0.29, 0.717) is 0 Å². The van der Waals surface area contributed by atoms with E-state index in [0.717, 1.165) is 12.8 Å². The molecule has 23 heavy (non-hydrogen) atoms. The molecule has 0 aliphatic rings. The van der Waals surface area contributed by atoms with Crippen molar-refractivity contribution in [3.63, 3.8) is 0 Å². The maximum atomic E-state index is 9.27. The Kier molecular flexibility index (Phi) is 18.2. The van der Waals surface area contributed by atoms with Gasteiger partial charge in [-0.15, -0.1) is 0 Å². The highest BCUT2D eigenvalue weighted by molar-refractivity contribution is 4.64. The van der Waals surface area contributed by atoms with Crippen LogP contribution in [0.15, 0.2) is 0 Å². The smallest absolute Gasteiger partial charge is 0.0526 e. The Morgan fingerprint density at radius 2 is 1.00 bits per heavy atom. The topological polar surface area (TPSA) is 46.2 Å². The second-order valence-corrected chi connectivity index (χ2v) is 7.58. The Morgan fingerprint density at radius 1 is 0.652 bits per heavy atom. The van der Waals surface area contributed by atoms with E-state index in [1.165, 1.54) is 96.3 Å². The average Bonchev–Trinajstić information content (AvgIpc) is 2.50. The van der Waals surface area contributed by atoms with E-state index >= 15 is 0 Å². The molecular weight excluding hydrogens is 282 g/mol. The Labute approximate surface area is 146 Å². The Bertz CT molecular complexity index is 218. The molecule has 0 rings (SSSR count). The summed E-state index contributed by atoms with van der Waals surface area (Å²) in [5.41, 5.74) is 5.97. The molecule has 0 saturated carbocycles. The monoisotopic (exact) mass is 327 g/mol. The summed E-state index contributed by atoms with van der Waals surface area (Å²) in [5, 5.41) is 9.27. The molecule has 0 amide bonds. The number of hydrogen-bond acceptors (Lipinski definition) is 2. The van der Waals surface area contributed by atoms with Gasteiger partial charge in [0, 0.05) is 6.04 Å². The van der Waals surface area contributed by atoms with Crippen molar-refractivity contribution in [1.82, 2.24) is 0 Å². The molecule has 0 aliphatic heterocycles. The molecule has 0 bridgehead atoms.